The second-order valence-electron chi connectivity index (χ2n) is 6.96. The molecule has 2 aromatic rings. The van der Waals surface area contributed by atoms with Crippen molar-refractivity contribution in [3.8, 4) is 6.07 Å². The number of anilines is 2. The van der Waals surface area contributed by atoms with Gasteiger partial charge in [-0.2, -0.15) is 14.8 Å². The molecule has 1 saturated carbocycles. The third kappa shape index (κ3) is 4.06. The van der Waals surface area contributed by atoms with E-state index in [1.165, 1.54) is 12.3 Å². The van der Waals surface area contributed by atoms with Crippen LogP contribution in [0.4, 0.5) is 15.9 Å². The summed E-state index contributed by atoms with van der Waals surface area (Å²) in [6.45, 7) is 0. The Morgan fingerprint density at radius 3 is 2.89 bits per heavy atom. The molecule has 142 valence electrons. The van der Waals surface area contributed by atoms with E-state index in [1.54, 1.807) is 16.9 Å². The maximum absolute atomic E-state index is 13.3. The van der Waals surface area contributed by atoms with Crippen molar-refractivity contribution < 1.29 is 9.18 Å². The summed E-state index contributed by atoms with van der Waals surface area (Å²) in [5.41, 5.74) is 6.08. The van der Waals surface area contributed by atoms with Crippen LogP contribution in [0.1, 0.15) is 35.7 Å². The predicted molar refractivity (Wildman–Crippen MR) is 97.7 cm³/mol. The van der Waals surface area contributed by atoms with E-state index in [0.717, 1.165) is 19.3 Å². The number of rotatable bonds is 5. The number of hydrogen-bond donors (Lipinski definition) is 2. The molecule has 9 heteroatoms. The SMILES string of the molecule is CN(C)C1CCC(n2cc(C(N)=O)c(Nc3ccnc(F)c3)n2)C(C#N)C1. The average molecular weight is 371 g/mol. The monoisotopic (exact) mass is 371 g/mol. The lowest BCUT2D eigenvalue weighted by atomic mass is 9.82. The van der Waals surface area contributed by atoms with Crippen LogP contribution in [0.25, 0.3) is 0 Å². The topological polar surface area (TPSA) is 113 Å². The Kier molecular flexibility index (Phi) is 5.37. The molecular weight excluding hydrogens is 349 g/mol. The number of hydrogen-bond acceptors (Lipinski definition) is 6. The molecule has 27 heavy (non-hydrogen) atoms. The summed E-state index contributed by atoms with van der Waals surface area (Å²) in [4.78, 5) is 17.5. The molecular formula is C18H22FN7O. The molecule has 1 aliphatic rings. The highest BCUT2D eigenvalue weighted by molar-refractivity contribution is 5.98. The van der Waals surface area contributed by atoms with Crippen LogP contribution in [0.5, 0.6) is 0 Å². The van der Waals surface area contributed by atoms with E-state index in [1.807, 2.05) is 14.1 Å². The average Bonchev–Trinajstić information content (AvgIpc) is 3.05. The third-order valence-electron chi connectivity index (χ3n) is 5.01. The number of aromatic nitrogens is 3. The molecule has 0 aliphatic heterocycles. The van der Waals surface area contributed by atoms with Crippen molar-refractivity contribution in [1.29, 1.82) is 5.26 Å². The number of nitrogens with two attached hydrogens (primary N) is 1. The summed E-state index contributed by atoms with van der Waals surface area (Å²) in [6.07, 6.45) is 5.31. The fourth-order valence-electron chi connectivity index (χ4n) is 3.51. The number of carbonyl (C=O) groups is 1. The van der Waals surface area contributed by atoms with Gasteiger partial charge in [0.1, 0.15) is 5.56 Å². The molecule has 0 saturated heterocycles. The number of pyridine rings is 1. The Bertz CT molecular complexity index is 873. The largest absolute Gasteiger partial charge is 0.365 e. The second kappa shape index (κ2) is 7.72. The van der Waals surface area contributed by atoms with Gasteiger partial charge >= 0.3 is 0 Å². The fraction of sp³-hybridized carbons (Fsp3) is 0.444. The molecule has 0 radical (unpaired) electrons. The molecule has 0 aromatic carbocycles. The van der Waals surface area contributed by atoms with Crippen molar-refractivity contribution >= 4 is 17.4 Å². The van der Waals surface area contributed by atoms with E-state index in [-0.39, 0.29) is 23.3 Å². The molecule has 1 amide bonds. The molecule has 0 bridgehead atoms. The summed E-state index contributed by atoms with van der Waals surface area (Å²) in [5.74, 6) is -1.28. The lowest BCUT2D eigenvalue weighted by Crippen LogP contribution is -2.37. The summed E-state index contributed by atoms with van der Waals surface area (Å²) in [5, 5.41) is 17.0. The van der Waals surface area contributed by atoms with Crippen molar-refractivity contribution in [3.05, 3.63) is 36.0 Å². The van der Waals surface area contributed by atoms with Crippen molar-refractivity contribution in [2.75, 3.05) is 19.4 Å². The van der Waals surface area contributed by atoms with Gasteiger partial charge in [-0.25, -0.2) is 4.98 Å². The number of nitrogens with zero attached hydrogens (tertiary/aromatic N) is 5. The first-order chi connectivity index (χ1) is 12.9. The molecule has 3 N–H and O–H groups in total. The first-order valence-corrected chi connectivity index (χ1v) is 8.72. The first kappa shape index (κ1) is 18.8. The smallest absolute Gasteiger partial charge is 0.254 e. The van der Waals surface area contributed by atoms with Gasteiger partial charge in [0.15, 0.2) is 5.82 Å². The van der Waals surface area contributed by atoms with Crippen molar-refractivity contribution in [2.45, 2.75) is 31.3 Å². The van der Waals surface area contributed by atoms with Crippen LogP contribution >= 0.6 is 0 Å². The Balaban J connectivity index is 1.88. The van der Waals surface area contributed by atoms with E-state index < -0.39 is 11.9 Å². The zero-order valence-electron chi connectivity index (χ0n) is 15.3. The van der Waals surface area contributed by atoms with Gasteiger partial charge in [-0.15, -0.1) is 0 Å². The highest BCUT2D eigenvalue weighted by Crippen LogP contribution is 2.36. The highest BCUT2D eigenvalue weighted by Gasteiger charge is 2.34. The van der Waals surface area contributed by atoms with Gasteiger partial charge in [0.25, 0.3) is 5.91 Å². The normalized spacial score (nSPS) is 22.4. The first-order valence-electron chi connectivity index (χ1n) is 8.72. The summed E-state index contributed by atoms with van der Waals surface area (Å²) >= 11 is 0. The molecule has 8 nitrogen and oxygen atoms in total. The number of nitriles is 1. The van der Waals surface area contributed by atoms with Crippen LogP contribution in [-0.4, -0.2) is 45.7 Å². The highest BCUT2D eigenvalue weighted by atomic mass is 19.1. The predicted octanol–water partition coefficient (Wildman–Crippen LogP) is 2.05. The zero-order chi connectivity index (χ0) is 19.6. The maximum Gasteiger partial charge on any atom is 0.254 e. The Hall–Kier alpha value is -2.99. The molecule has 3 unspecified atom stereocenters. The van der Waals surface area contributed by atoms with Gasteiger partial charge in [0.05, 0.1) is 18.0 Å². The van der Waals surface area contributed by atoms with Crippen LogP contribution in [0.2, 0.25) is 0 Å². The molecule has 3 rings (SSSR count). The van der Waals surface area contributed by atoms with Crippen molar-refractivity contribution in [1.82, 2.24) is 19.7 Å². The minimum atomic E-state index is -0.647. The van der Waals surface area contributed by atoms with Crippen LogP contribution in [0.15, 0.2) is 24.5 Å². The van der Waals surface area contributed by atoms with E-state index in [2.05, 4.69) is 26.4 Å². The van der Waals surface area contributed by atoms with Crippen LogP contribution < -0.4 is 11.1 Å². The zero-order valence-corrected chi connectivity index (χ0v) is 15.3. The van der Waals surface area contributed by atoms with Gasteiger partial charge in [-0.3, -0.25) is 9.48 Å². The van der Waals surface area contributed by atoms with Crippen molar-refractivity contribution in [2.24, 2.45) is 11.7 Å². The molecule has 3 atom stereocenters. The lowest BCUT2D eigenvalue weighted by molar-refractivity contribution is 0.100. The van der Waals surface area contributed by atoms with Crippen LogP contribution in [0.3, 0.4) is 0 Å². The number of carbonyl (C=O) groups excluding carboxylic acids is 1. The maximum atomic E-state index is 13.3. The van der Waals surface area contributed by atoms with Gasteiger partial charge < -0.3 is 16.0 Å². The minimum Gasteiger partial charge on any atom is -0.365 e. The van der Waals surface area contributed by atoms with Crippen LogP contribution in [0, 0.1) is 23.2 Å². The number of halogens is 1. The Labute approximate surface area is 156 Å². The van der Waals surface area contributed by atoms with E-state index in [4.69, 9.17) is 5.73 Å². The van der Waals surface area contributed by atoms with Gasteiger partial charge in [-0.05, 0) is 39.4 Å². The molecule has 0 spiro atoms. The number of primary amides is 1. The van der Waals surface area contributed by atoms with Gasteiger partial charge in [0.2, 0.25) is 5.95 Å². The fourth-order valence-corrected chi connectivity index (χ4v) is 3.51. The Morgan fingerprint density at radius 2 is 2.26 bits per heavy atom. The summed E-state index contributed by atoms with van der Waals surface area (Å²) in [6, 6.07) is 5.33. The van der Waals surface area contributed by atoms with Crippen LogP contribution in [-0.2, 0) is 0 Å². The molecule has 2 aromatic heterocycles. The molecule has 1 aliphatic carbocycles. The second-order valence-corrected chi connectivity index (χ2v) is 6.96. The summed E-state index contributed by atoms with van der Waals surface area (Å²) in [7, 11) is 4.02. The third-order valence-corrected chi connectivity index (χ3v) is 5.01. The standard InChI is InChI=1S/C18H22FN7O/c1-25(2)13-3-4-15(11(7-13)9-20)26-10-14(17(21)27)18(24-26)23-12-5-6-22-16(19)8-12/h5-6,8,10-11,13,15H,3-4,7H2,1-2H3,(H2,21,27)(H,22,23,24). The van der Waals surface area contributed by atoms with Gasteiger partial charge in [-0.1, -0.05) is 0 Å². The van der Waals surface area contributed by atoms with E-state index in [9.17, 15) is 14.4 Å². The minimum absolute atomic E-state index is 0.144. The van der Waals surface area contributed by atoms with E-state index >= 15 is 0 Å². The molecule has 2 heterocycles. The lowest BCUT2D eigenvalue weighted by Gasteiger charge is -2.35. The van der Waals surface area contributed by atoms with Crippen molar-refractivity contribution in [3.63, 3.8) is 0 Å². The molecule has 1 fully saturated rings. The number of nitrogens with one attached hydrogen (secondary N) is 1. The summed E-state index contributed by atoms with van der Waals surface area (Å²) < 4.78 is 15.0. The van der Waals surface area contributed by atoms with Gasteiger partial charge in [0, 0.05) is 30.2 Å². The van der Waals surface area contributed by atoms with E-state index in [0.29, 0.717) is 11.7 Å². The quantitative estimate of drug-likeness (QED) is 0.778. The number of amides is 1. The Morgan fingerprint density at radius 1 is 1.48 bits per heavy atom.